The molecule has 0 bridgehead atoms. The largest absolute Gasteiger partial charge is 0.466 e. The van der Waals surface area contributed by atoms with Crippen molar-refractivity contribution in [2.24, 2.45) is 5.92 Å². The van der Waals surface area contributed by atoms with Crippen LogP contribution in [0.25, 0.3) is 0 Å². The molecule has 0 fully saturated rings. The van der Waals surface area contributed by atoms with Crippen molar-refractivity contribution in [1.29, 1.82) is 0 Å². The van der Waals surface area contributed by atoms with Gasteiger partial charge in [0.1, 0.15) is 5.76 Å². The van der Waals surface area contributed by atoms with Crippen LogP contribution in [0.2, 0.25) is 0 Å². The fraction of sp³-hybridized carbons (Fsp3) is 0.619. The number of hydrogen-bond donors (Lipinski definition) is 0. The Bertz CT molecular complexity index is 595. The minimum atomic E-state index is -0.383. The summed E-state index contributed by atoms with van der Waals surface area (Å²) in [6.07, 6.45) is 12.6. The van der Waals surface area contributed by atoms with Crippen LogP contribution in [-0.2, 0) is 19.1 Å². The van der Waals surface area contributed by atoms with Gasteiger partial charge >= 0.3 is 5.97 Å². The number of ketones is 1. The van der Waals surface area contributed by atoms with Gasteiger partial charge in [-0.3, -0.25) is 4.79 Å². The lowest BCUT2D eigenvalue weighted by atomic mass is 9.90. The van der Waals surface area contributed by atoms with E-state index in [9.17, 15) is 9.59 Å². The highest BCUT2D eigenvalue weighted by atomic mass is 16.6. The number of methoxy groups -OCH3 is 1. The van der Waals surface area contributed by atoms with Crippen LogP contribution < -0.4 is 0 Å². The molecule has 0 spiro atoms. The Morgan fingerprint density at radius 1 is 1.24 bits per heavy atom. The SMILES string of the molecule is CCCCCCC1=C(C2=CCC(/C(=C\C(=O)OC)CCCC)C2=O)O1. The van der Waals surface area contributed by atoms with Gasteiger partial charge in [0.15, 0.2) is 11.5 Å². The molecule has 4 heteroatoms. The number of Topliss-reactive ketones (excluding diaryl/α,β-unsaturated/α-hetero) is 1. The average molecular weight is 346 g/mol. The van der Waals surface area contributed by atoms with Crippen molar-refractivity contribution in [3.63, 3.8) is 0 Å². The van der Waals surface area contributed by atoms with E-state index in [0.717, 1.165) is 49.2 Å². The van der Waals surface area contributed by atoms with Gasteiger partial charge in [0.05, 0.1) is 12.7 Å². The van der Waals surface area contributed by atoms with Crippen molar-refractivity contribution in [3.05, 3.63) is 34.8 Å². The molecule has 2 rings (SSSR count). The number of carbonyl (C=O) groups is 2. The topological polar surface area (TPSA) is 55.9 Å². The van der Waals surface area contributed by atoms with E-state index in [1.807, 2.05) is 6.08 Å². The molecule has 0 aromatic rings. The molecule has 2 aliphatic rings. The molecule has 0 aromatic heterocycles. The second-order valence-corrected chi connectivity index (χ2v) is 6.78. The van der Waals surface area contributed by atoms with Gasteiger partial charge in [-0.25, -0.2) is 4.79 Å². The van der Waals surface area contributed by atoms with Gasteiger partial charge in [0.25, 0.3) is 0 Å². The third-order valence-electron chi connectivity index (χ3n) is 4.85. The highest BCUT2D eigenvalue weighted by Crippen LogP contribution is 2.42. The summed E-state index contributed by atoms with van der Waals surface area (Å²) in [5.41, 5.74) is 1.60. The Kier molecular flexibility index (Phi) is 7.48. The maximum Gasteiger partial charge on any atom is 0.330 e. The second kappa shape index (κ2) is 9.59. The molecule has 0 saturated heterocycles. The molecule has 0 radical (unpaired) electrons. The van der Waals surface area contributed by atoms with E-state index in [2.05, 4.69) is 13.8 Å². The lowest BCUT2D eigenvalue weighted by Gasteiger charge is -2.13. The smallest absolute Gasteiger partial charge is 0.330 e. The lowest BCUT2D eigenvalue weighted by Crippen LogP contribution is -2.15. The zero-order valence-electron chi connectivity index (χ0n) is 15.7. The number of unbranched alkanes of at least 4 members (excludes halogenated alkanes) is 4. The van der Waals surface area contributed by atoms with Gasteiger partial charge in [-0.15, -0.1) is 0 Å². The van der Waals surface area contributed by atoms with E-state index in [0.29, 0.717) is 12.0 Å². The molecule has 1 atom stereocenters. The quantitative estimate of drug-likeness (QED) is 0.300. The van der Waals surface area contributed by atoms with E-state index in [1.54, 1.807) is 0 Å². The summed E-state index contributed by atoms with van der Waals surface area (Å²) in [4.78, 5) is 24.4. The first kappa shape index (κ1) is 19.5. The summed E-state index contributed by atoms with van der Waals surface area (Å²) in [6, 6.07) is 0. The van der Waals surface area contributed by atoms with E-state index >= 15 is 0 Å². The van der Waals surface area contributed by atoms with Gasteiger partial charge in [-0.1, -0.05) is 51.2 Å². The Hall–Kier alpha value is -1.84. The molecule has 1 heterocycles. The highest BCUT2D eigenvalue weighted by Gasteiger charge is 2.39. The lowest BCUT2D eigenvalue weighted by molar-refractivity contribution is -0.134. The molecule has 1 unspecified atom stereocenters. The molecule has 0 saturated carbocycles. The summed E-state index contributed by atoms with van der Waals surface area (Å²) in [7, 11) is 1.37. The Morgan fingerprint density at radius 2 is 2.00 bits per heavy atom. The number of carbonyl (C=O) groups excluding carboxylic acids is 2. The minimum Gasteiger partial charge on any atom is -0.466 e. The van der Waals surface area contributed by atoms with Crippen LogP contribution in [0.4, 0.5) is 0 Å². The predicted octanol–water partition coefficient (Wildman–Crippen LogP) is 5.00. The molecule has 0 amide bonds. The van der Waals surface area contributed by atoms with Crippen LogP contribution in [0, 0.1) is 5.92 Å². The zero-order valence-corrected chi connectivity index (χ0v) is 15.7. The van der Waals surface area contributed by atoms with E-state index < -0.39 is 0 Å². The van der Waals surface area contributed by atoms with Crippen molar-refractivity contribution < 1.29 is 19.1 Å². The van der Waals surface area contributed by atoms with Crippen LogP contribution >= 0.6 is 0 Å². The van der Waals surface area contributed by atoms with E-state index in [1.165, 1.54) is 32.4 Å². The number of allylic oxidation sites excluding steroid dienone is 4. The van der Waals surface area contributed by atoms with Crippen molar-refractivity contribution >= 4 is 11.8 Å². The Balaban J connectivity index is 1.98. The second-order valence-electron chi connectivity index (χ2n) is 6.78. The van der Waals surface area contributed by atoms with Gasteiger partial charge in [-0.2, -0.15) is 0 Å². The first-order valence-electron chi connectivity index (χ1n) is 9.56. The molecule has 0 N–H and O–H groups in total. The number of esters is 1. The van der Waals surface area contributed by atoms with Crippen molar-refractivity contribution in [3.8, 4) is 0 Å². The van der Waals surface area contributed by atoms with Crippen molar-refractivity contribution in [1.82, 2.24) is 0 Å². The zero-order chi connectivity index (χ0) is 18.2. The van der Waals surface area contributed by atoms with Crippen LogP contribution in [0.15, 0.2) is 34.8 Å². The fourth-order valence-corrected chi connectivity index (χ4v) is 3.27. The molecule has 1 aliphatic carbocycles. The molecular formula is C21H30O4. The average Bonchev–Trinajstić information content (AvgIpc) is 3.28. The van der Waals surface area contributed by atoms with Crippen LogP contribution in [0.5, 0.6) is 0 Å². The summed E-state index contributed by atoms with van der Waals surface area (Å²) < 4.78 is 10.3. The van der Waals surface area contributed by atoms with Gasteiger partial charge < -0.3 is 9.47 Å². The summed E-state index contributed by atoms with van der Waals surface area (Å²) >= 11 is 0. The molecule has 0 aromatic carbocycles. The van der Waals surface area contributed by atoms with Crippen molar-refractivity contribution in [2.75, 3.05) is 7.11 Å². The molecule has 4 nitrogen and oxygen atoms in total. The maximum absolute atomic E-state index is 12.8. The summed E-state index contributed by atoms with van der Waals surface area (Å²) in [6.45, 7) is 4.29. The van der Waals surface area contributed by atoms with Crippen LogP contribution in [0.3, 0.4) is 0 Å². The third-order valence-corrected chi connectivity index (χ3v) is 4.85. The normalized spacial score (nSPS) is 19.8. The highest BCUT2D eigenvalue weighted by molar-refractivity contribution is 6.05. The van der Waals surface area contributed by atoms with Gasteiger partial charge in [0.2, 0.25) is 0 Å². The first-order valence-corrected chi connectivity index (χ1v) is 9.56. The fourth-order valence-electron chi connectivity index (χ4n) is 3.27. The number of rotatable bonds is 11. The number of hydrogen-bond acceptors (Lipinski definition) is 4. The third kappa shape index (κ3) is 5.32. The molecule has 1 aliphatic heterocycles. The molecule has 25 heavy (non-hydrogen) atoms. The van der Waals surface area contributed by atoms with E-state index in [4.69, 9.17) is 9.47 Å². The standard InChI is InChI=1S/C21H30O4/c1-4-6-8-9-11-18-21(25-18)17-13-12-16(20(17)23)15(10-7-5-2)14-19(22)24-3/h13-14,16H,4-12H2,1-3H3/b15-14-. The monoisotopic (exact) mass is 346 g/mol. The molecule has 138 valence electrons. The summed E-state index contributed by atoms with van der Waals surface area (Å²) in [5.74, 6) is 1.23. The molecular weight excluding hydrogens is 316 g/mol. The van der Waals surface area contributed by atoms with Crippen molar-refractivity contribution in [2.45, 2.75) is 71.6 Å². The minimum absolute atomic E-state index is 0.0878. The number of ether oxygens (including phenoxy) is 2. The van der Waals surface area contributed by atoms with Gasteiger partial charge in [0, 0.05) is 18.4 Å². The van der Waals surface area contributed by atoms with Gasteiger partial charge in [-0.05, 0) is 25.7 Å². The Labute approximate surface area is 151 Å². The van der Waals surface area contributed by atoms with Crippen LogP contribution in [-0.4, -0.2) is 18.9 Å². The van der Waals surface area contributed by atoms with E-state index in [-0.39, 0.29) is 17.7 Å². The predicted molar refractivity (Wildman–Crippen MR) is 97.7 cm³/mol. The maximum atomic E-state index is 12.8. The first-order chi connectivity index (χ1) is 12.1. The van der Waals surface area contributed by atoms with Crippen LogP contribution in [0.1, 0.15) is 71.6 Å². The Morgan fingerprint density at radius 3 is 2.68 bits per heavy atom. The summed E-state index contributed by atoms with van der Waals surface area (Å²) in [5, 5.41) is 0.